The molecule has 0 unspecified atom stereocenters. The van der Waals surface area contributed by atoms with Gasteiger partial charge in [-0.2, -0.15) is 4.68 Å². The lowest BCUT2D eigenvalue weighted by molar-refractivity contribution is 0.0482. The lowest BCUT2D eigenvalue weighted by atomic mass is 10.2. The van der Waals surface area contributed by atoms with E-state index in [0.717, 1.165) is 21.1 Å². The van der Waals surface area contributed by atoms with Gasteiger partial charge in [-0.05, 0) is 28.8 Å². The van der Waals surface area contributed by atoms with Gasteiger partial charge >= 0.3 is 5.97 Å². The molecule has 0 radical (unpaired) electrons. The Morgan fingerprint density at radius 3 is 2.85 bits per heavy atom. The molecule has 0 atom stereocenters. The van der Waals surface area contributed by atoms with Crippen molar-refractivity contribution in [2.45, 2.75) is 13.5 Å². The Morgan fingerprint density at radius 1 is 1.23 bits per heavy atom. The molecule has 0 amide bonds. The highest BCUT2D eigenvalue weighted by atomic mass is 32.1. The molecule has 26 heavy (non-hydrogen) atoms. The molecule has 4 rings (SSSR count). The largest absolute Gasteiger partial charge is 0.456 e. The van der Waals surface area contributed by atoms with Gasteiger partial charge < -0.3 is 4.74 Å². The number of carbonyl (C=O) groups excluding carboxylic acids is 1. The summed E-state index contributed by atoms with van der Waals surface area (Å²) in [7, 11) is 0. The average Bonchev–Trinajstić information content (AvgIpc) is 3.40. The van der Waals surface area contributed by atoms with Crippen LogP contribution in [0.2, 0.25) is 0 Å². The summed E-state index contributed by atoms with van der Waals surface area (Å²) >= 11 is 2.83. The van der Waals surface area contributed by atoms with Crippen LogP contribution in [0, 0.1) is 6.92 Å². The summed E-state index contributed by atoms with van der Waals surface area (Å²) in [6, 6.07) is 11.7. The van der Waals surface area contributed by atoms with Crippen LogP contribution in [0.15, 0.2) is 48.1 Å². The van der Waals surface area contributed by atoms with E-state index in [1.807, 2.05) is 37.3 Å². The van der Waals surface area contributed by atoms with Crippen LogP contribution in [-0.2, 0) is 11.3 Å². The van der Waals surface area contributed by atoms with E-state index in [9.17, 15) is 4.79 Å². The van der Waals surface area contributed by atoms with Gasteiger partial charge in [0.05, 0.1) is 16.3 Å². The molecular formula is C17H13N5O2S2. The first-order chi connectivity index (χ1) is 12.7. The molecular weight excluding hydrogens is 370 g/mol. The lowest BCUT2D eigenvalue weighted by Crippen LogP contribution is -2.07. The summed E-state index contributed by atoms with van der Waals surface area (Å²) in [5, 5.41) is 13.7. The molecule has 0 bridgehead atoms. The second-order valence-electron chi connectivity index (χ2n) is 5.36. The van der Waals surface area contributed by atoms with Crippen molar-refractivity contribution in [1.82, 2.24) is 25.2 Å². The number of rotatable bonds is 5. The van der Waals surface area contributed by atoms with Crippen molar-refractivity contribution in [3.8, 4) is 16.3 Å². The van der Waals surface area contributed by atoms with Gasteiger partial charge in [-0.1, -0.05) is 30.3 Å². The highest BCUT2D eigenvalue weighted by molar-refractivity contribution is 7.15. The molecule has 4 aromatic rings. The van der Waals surface area contributed by atoms with Crippen molar-refractivity contribution in [1.29, 1.82) is 0 Å². The van der Waals surface area contributed by atoms with E-state index in [1.54, 1.807) is 11.4 Å². The van der Waals surface area contributed by atoms with Crippen molar-refractivity contribution < 1.29 is 9.53 Å². The standard InChI is InChI=1S/C17H13N5O2S2/c1-11-14(26-16(19-11)12-5-3-2-4-6-12)9-24-17(23)15-13(7-8-25-15)22-10-18-20-21-22/h2-8,10H,9H2,1H3. The van der Waals surface area contributed by atoms with Crippen LogP contribution >= 0.6 is 22.7 Å². The first-order valence-corrected chi connectivity index (χ1v) is 9.41. The number of aryl methyl sites for hydroxylation is 1. The van der Waals surface area contributed by atoms with Crippen LogP contribution < -0.4 is 0 Å². The molecule has 1 aromatic carbocycles. The number of hydrogen-bond acceptors (Lipinski definition) is 8. The summed E-state index contributed by atoms with van der Waals surface area (Å²) < 4.78 is 6.94. The maximum absolute atomic E-state index is 12.5. The highest BCUT2D eigenvalue weighted by Gasteiger charge is 2.18. The van der Waals surface area contributed by atoms with E-state index in [0.29, 0.717) is 10.6 Å². The van der Waals surface area contributed by atoms with Gasteiger partial charge in [-0.25, -0.2) is 9.78 Å². The predicted octanol–water partition coefficient (Wildman–Crippen LogP) is 3.51. The fourth-order valence-corrected chi connectivity index (χ4v) is 4.12. The number of tetrazole rings is 1. The Kier molecular flexibility index (Phi) is 4.55. The average molecular weight is 383 g/mol. The maximum Gasteiger partial charge on any atom is 0.350 e. The van der Waals surface area contributed by atoms with E-state index in [1.165, 1.54) is 33.7 Å². The zero-order valence-electron chi connectivity index (χ0n) is 13.7. The number of thiazole rings is 1. The Morgan fingerprint density at radius 2 is 2.08 bits per heavy atom. The predicted molar refractivity (Wildman–Crippen MR) is 98.4 cm³/mol. The van der Waals surface area contributed by atoms with E-state index in [-0.39, 0.29) is 6.61 Å². The molecule has 0 saturated carbocycles. The molecule has 0 aliphatic heterocycles. The molecule has 0 spiro atoms. The number of hydrogen-bond donors (Lipinski definition) is 0. The van der Waals surface area contributed by atoms with E-state index >= 15 is 0 Å². The van der Waals surface area contributed by atoms with Gasteiger partial charge in [0, 0.05) is 5.56 Å². The zero-order valence-corrected chi connectivity index (χ0v) is 15.3. The van der Waals surface area contributed by atoms with Crippen molar-refractivity contribution in [3.63, 3.8) is 0 Å². The molecule has 9 heteroatoms. The quantitative estimate of drug-likeness (QED) is 0.491. The number of aromatic nitrogens is 5. The summed E-state index contributed by atoms with van der Waals surface area (Å²) in [4.78, 5) is 18.4. The van der Waals surface area contributed by atoms with E-state index in [2.05, 4.69) is 20.5 Å². The molecule has 3 heterocycles. The van der Waals surface area contributed by atoms with Gasteiger partial charge in [0.15, 0.2) is 0 Å². The van der Waals surface area contributed by atoms with Crippen LogP contribution in [0.4, 0.5) is 0 Å². The number of nitrogens with zero attached hydrogens (tertiary/aromatic N) is 5. The van der Waals surface area contributed by atoms with Gasteiger partial charge in [-0.3, -0.25) is 0 Å². The minimum atomic E-state index is -0.403. The Balaban J connectivity index is 1.49. The number of thiophene rings is 1. The summed E-state index contributed by atoms with van der Waals surface area (Å²) in [6.45, 7) is 2.10. The minimum absolute atomic E-state index is 0.183. The SMILES string of the molecule is Cc1nc(-c2ccccc2)sc1COC(=O)c1sccc1-n1cnnn1. The zero-order chi connectivity index (χ0) is 17.9. The van der Waals surface area contributed by atoms with Crippen LogP contribution in [0.25, 0.3) is 16.3 Å². The number of benzene rings is 1. The van der Waals surface area contributed by atoms with Crippen LogP contribution in [0.3, 0.4) is 0 Å². The molecule has 0 aliphatic carbocycles. The monoisotopic (exact) mass is 383 g/mol. The second kappa shape index (κ2) is 7.14. The Bertz CT molecular complexity index is 1020. The highest BCUT2D eigenvalue weighted by Crippen LogP contribution is 2.29. The third-order valence-electron chi connectivity index (χ3n) is 3.67. The van der Waals surface area contributed by atoms with Crippen LogP contribution in [-0.4, -0.2) is 31.2 Å². The molecule has 0 aliphatic rings. The van der Waals surface area contributed by atoms with Gasteiger partial charge in [0.25, 0.3) is 0 Å². The minimum Gasteiger partial charge on any atom is -0.456 e. The fraction of sp³-hybridized carbons (Fsp3) is 0.118. The number of carbonyl (C=O) groups is 1. The fourth-order valence-electron chi connectivity index (χ4n) is 2.37. The normalized spacial score (nSPS) is 10.8. The van der Waals surface area contributed by atoms with E-state index in [4.69, 9.17) is 4.74 Å². The van der Waals surface area contributed by atoms with Crippen LogP contribution in [0.1, 0.15) is 20.2 Å². The lowest BCUT2D eigenvalue weighted by Gasteiger charge is -2.04. The first kappa shape index (κ1) is 16.6. The second-order valence-corrected chi connectivity index (χ2v) is 7.36. The van der Waals surface area contributed by atoms with Crippen molar-refractivity contribution >= 4 is 28.6 Å². The third-order valence-corrected chi connectivity index (χ3v) is 5.74. The topological polar surface area (TPSA) is 82.8 Å². The molecule has 3 aromatic heterocycles. The first-order valence-electron chi connectivity index (χ1n) is 7.72. The molecule has 0 N–H and O–H groups in total. The number of ether oxygens (including phenoxy) is 1. The Hall–Kier alpha value is -2.91. The van der Waals surface area contributed by atoms with Crippen LogP contribution in [0.5, 0.6) is 0 Å². The van der Waals surface area contributed by atoms with Gasteiger partial charge in [0.2, 0.25) is 0 Å². The summed E-state index contributed by atoms with van der Waals surface area (Å²) in [5.41, 5.74) is 2.53. The number of esters is 1. The van der Waals surface area contributed by atoms with Gasteiger partial charge in [-0.15, -0.1) is 27.8 Å². The smallest absolute Gasteiger partial charge is 0.350 e. The van der Waals surface area contributed by atoms with Crippen molar-refractivity contribution in [2.75, 3.05) is 0 Å². The Labute approximate surface area is 156 Å². The molecule has 0 fully saturated rings. The summed E-state index contributed by atoms with van der Waals surface area (Å²) in [6.07, 6.45) is 1.44. The maximum atomic E-state index is 12.5. The van der Waals surface area contributed by atoms with Crippen molar-refractivity contribution in [3.05, 3.63) is 63.6 Å². The molecule has 0 saturated heterocycles. The van der Waals surface area contributed by atoms with Gasteiger partial charge in [0.1, 0.15) is 22.8 Å². The third kappa shape index (κ3) is 3.26. The molecule has 130 valence electrons. The molecule has 7 nitrogen and oxygen atoms in total. The van der Waals surface area contributed by atoms with E-state index < -0.39 is 5.97 Å². The van der Waals surface area contributed by atoms with Crippen molar-refractivity contribution in [2.24, 2.45) is 0 Å². The summed E-state index contributed by atoms with van der Waals surface area (Å²) in [5.74, 6) is -0.403.